The molecule has 14 N–H and O–H groups in total. The van der Waals surface area contributed by atoms with E-state index in [9.17, 15) is 29.1 Å². The number of halogens is 1. The Morgan fingerprint density at radius 1 is 0.554 bits per heavy atom. The predicted molar refractivity (Wildman–Crippen MR) is 382 cm³/mol. The standard InChI is InChI=1S/C74H94ClN14O12/c1-46(2)37-63(71(99)85-57(45-90)22-8-11-34-82-47(3)4)87-69(97)61(23-9-12-35-83-67(95)54-20-15-32-80-43-54)86-70(98)62(24-10-13-36-84-68(96)55-21-16-33-81-44-55)88-73(101)74(66(94)64(92)58(76)39-49-26-29-56(75)30-27-49,89(48(5)91)72(100)60(78)41-51-17-14-31-79-42-51)65(93)59(77)40-50-25-28-52-18-6-7-19-53(52)38-50/h6-7,14-21,25-33,38,42-44,46-47,57-63,66,82,94H,8-13,22-24,34-37,39-41,76-78H2,1-5H3,(H,83,95)(H,84,96)(H,85,99)(H,86,98)(H,87,97)(H,88,101)/t57-,58+,59+,60+,61+,62-,63-,66?,74-/m0/s1. The van der Waals surface area contributed by atoms with Crippen molar-refractivity contribution in [3.63, 3.8) is 0 Å². The SMILES string of the molecule is CC(=O)N(C(=O)[C@H](N)Cc1cccnc1)[C@@](C(=O)N[C@@H](CCCCNC(=O)c1cccnc1)C(=O)N[C@H](CCCCNC(=O)c1cccnc1)C(=O)N[C@@H](CC(C)C)C(=O)N[C@H]([C]=O)CCCCNC(C)C)(C(=O)[C@H](N)Cc1ccc2ccccc2c1)C(O)C(=O)[C@H](N)Cc1ccc(Cl)cc1. The Balaban J connectivity index is 1.47. The van der Waals surface area contributed by atoms with Crippen LogP contribution in [0.4, 0.5) is 0 Å². The fourth-order valence-corrected chi connectivity index (χ4v) is 11.7. The molecule has 0 fully saturated rings. The van der Waals surface area contributed by atoms with Gasteiger partial charge < -0.3 is 59.5 Å². The van der Waals surface area contributed by atoms with Gasteiger partial charge in [-0.15, -0.1) is 0 Å². The van der Waals surface area contributed by atoms with Crippen LogP contribution in [0, 0.1) is 5.92 Å². The van der Waals surface area contributed by atoms with Gasteiger partial charge in [0.15, 0.2) is 17.7 Å². The maximum absolute atomic E-state index is 16.5. The van der Waals surface area contributed by atoms with Crippen molar-refractivity contribution in [3.05, 3.63) is 173 Å². The molecule has 3 aromatic carbocycles. The number of aliphatic hydroxyl groups is 1. The van der Waals surface area contributed by atoms with Crippen LogP contribution >= 0.6 is 11.6 Å². The molecule has 6 rings (SSSR count). The molecule has 3 aromatic heterocycles. The second-order valence-electron chi connectivity index (χ2n) is 25.8. The number of hydrogen-bond donors (Lipinski definition) is 11. The highest BCUT2D eigenvalue weighted by Crippen LogP contribution is 2.30. The molecule has 26 nitrogen and oxygen atoms in total. The van der Waals surface area contributed by atoms with E-state index in [0.717, 1.165) is 12.3 Å². The quantitative estimate of drug-likeness (QED) is 0.0192. The number of benzene rings is 3. The Morgan fingerprint density at radius 3 is 1.61 bits per heavy atom. The van der Waals surface area contributed by atoms with Crippen LogP contribution in [0.25, 0.3) is 10.8 Å². The lowest BCUT2D eigenvalue weighted by molar-refractivity contribution is -0.174. The Bertz CT molecular complexity index is 3740. The van der Waals surface area contributed by atoms with E-state index in [-0.39, 0.29) is 98.9 Å². The first kappa shape index (κ1) is 80.4. The summed E-state index contributed by atoms with van der Waals surface area (Å²) in [6.45, 7) is 9.16. The Hall–Kier alpha value is -9.57. The molecule has 0 aliphatic carbocycles. The van der Waals surface area contributed by atoms with Crippen molar-refractivity contribution < 1.29 is 57.8 Å². The highest BCUT2D eigenvalue weighted by Gasteiger charge is 2.64. The van der Waals surface area contributed by atoms with E-state index in [4.69, 9.17) is 28.8 Å². The summed E-state index contributed by atoms with van der Waals surface area (Å²) in [5.41, 5.74) is 18.2. The summed E-state index contributed by atoms with van der Waals surface area (Å²) in [6.07, 6.45) is 7.60. The van der Waals surface area contributed by atoms with Crippen molar-refractivity contribution in [3.8, 4) is 0 Å². The predicted octanol–water partition coefficient (Wildman–Crippen LogP) is 3.76. The van der Waals surface area contributed by atoms with Gasteiger partial charge in [-0.25, -0.2) is 0 Å². The largest absolute Gasteiger partial charge is 0.382 e. The summed E-state index contributed by atoms with van der Waals surface area (Å²) >= 11 is 6.20. The molecule has 101 heavy (non-hydrogen) atoms. The molecule has 6 aromatic rings. The van der Waals surface area contributed by atoms with Crippen molar-refractivity contribution in [2.45, 2.75) is 178 Å². The average molecular weight is 1410 g/mol. The smallest absolute Gasteiger partial charge is 0.258 e. The molecule has 0 bridgehead atoms. The lowest BCUT2D eigenvalue weighted by atomic mass is 9.75. The van der Waals surface area contributed by atoms with Gasteiger partial charge in [0.1, 0.15) is 18.1 Å². The first-order chi connectivity index (χ1) is 48.3. The van der Waals surface area contributed by atoms with Crippen LogP contribution in [0.1, 0.15) is 136 Å². The van der Waals surface area contributed by atoms with Gasteiger partial charge in [0, 0.05) is 68.3 Å². The fraction of sp³-hybridized carbons (Fsp3) is 0.432. The molecule has 0 saturated heterocycles. The number of Topliss-reactive ketones (excluding diaryl/α,β-unsaturated/α-hetero) is 2. The molecule has 539 valence electrons. The third kappa shape index (κ3) is 24.3. The molecule has 1 unspecified atom stereocenters. The van der Waals surface area contributed by atoms with Crippen LogP contribution in [-0.4, -0.2) is 170 Å². The molecule has 3 heterocycles. The molecule has 27 heteroatoms. The van der Waals surface area contributed by atoms with Gasteiger partial charge in [-0.1, -0.05) is 100.0 Å². The Kier molecular flexibility index (Phi) is 32.3. The summed E-state index contributed by atoms with van der Waals surface area (Å²) in [6, 6.07) is 16.7. The molecule has 1 radical (unpaired) electrons. The van der Waals surface area contributed by atoms with Crippen molar-refractivity contribution in [1.29, 1.82) is 0 Å². The molecule has 8 amide bonds. The number of rotatable bonds is 42. The van der Waals surface area contributed by atoms with Crippen LogP contribution in [0.3, 0.4) is 0 Å². The average Bonchev–Trinajstić information content (AvgIpc) is 0.731. The van der Waals surface area contributed by atoms with E-state index in [0.29, 0.717) is 46.5 Å². The van der Waals surface area contributed by atoms with E-state index < -0.39 is 126 Å². The van der Waals surface area contributed by atoms with Crippen molar-refractivity contribution >= 4 is 87.5 Å². The van der Waals surface area contributed by atoms with Crippen LogP contribution in [0.5, 0.6) is 0 Å². The van der Waals surface area contributed by atoms with Gasteiger partial charge in [0.2, 0.25) is 41.4 Å². The molecule has 0 aliphatic heterocycles. The zero-order chi connectivity index (χ0) is 73.6. The lowest BCUT2D eigenvalue weighted by Gasteiger charge is -2.44. The number of carbonyl (C=O) groups excluding carboxylic acids is 11. The Labute approximate surface area is 593 Å². The number of nitrogens with two attached hydrogens (primary N) is 3. The van der Waals surface area contributed by atoms with Gasteiger partial charge in [-0.3, -0.25) is 72.6 Å². The minimum atomic E-state index is -3.76. The summed E-state index contributed by atoms with van der Waals surface area (Å²) in [4.78, 5) is 174. The summed E-state index contributed by atoms with van der Waals surface area (Å²) in [5, 5.41) is 34.6. The first-order valence-corrected chi connectivity index (χ1v) is 34.4. The lowest BCUT2D eigenvalue weighted by Crippen LogP contribution is -2.78. The number of ketones is 2. The zero-order valence-corrected chi connectivity index (χ0v) is 58.5. The van der Waals surface area contributed by atoms with Crippen molar-refractivity contribution in [1.82, 2.24) is 57.1 Å². The highest BCUT2D eigenvalue weighted by atomic mass is 35.5. The monoisotopic (exact) mass is 1410 g/mol. The summed E-state index contributed by atoms with van der Waals surface area (Å²) < 4.78 is 0. The molecule has 9 atom stereocenters. The normalized spacial score (nSPS) is 14.3. The van der Waals surface area contributed by atoms with E-state index in [2.05, 4.69) is 52.2 Å². The number of carbonyl (C=O) groups is 10. The van der Waals surface area contributed by atoms with Gasteiger partial charge >= 0.3 is 0 Å². The molecule has 0 saturated carbocycles. The number of unbranched alkanes of at least 4 members (excludes halogenated alkanes) is 3. The number of nitrogens with zero attached hydrogens (tertiary/aromatic N) is 4. The van der Waals surface area contributed by atoms with Gasteiger partial charge in [0.05, 0.1) is 35.3 Å². The second kappa shape index (κ2) is 40.6. The van der Waals surface area contributed by atoms with E-state index in [1.165, 1.54) is 61.4 Å². The molecule has 0 aliphatic rings. The molecule has 0 spiro atoms. The topological polar surface area (TPSA) is 412 Å². The zero-order valence-electron chi connectivity index (χ0n) is 57.7. The molecular weight excluding hydrogens is 1310 g/mol. The van der Waals surface area contributed by atoms with Gasteiger partial charge in [-0.05, 0) is 166 Å². The van der Waals surface area contributed by atoms with Crippen LogP contribution in [-0.2, 0) is 62.4 Å². The number of aliphatic hydroxyl groups excluding tert-OH is 1. The van der Waals surface area contributed by atoms with Crippen molar-refractivity contribution in [2.24, 2.45) is 23.1 Å². The number of nitrogens with one attached hydrogen (secondary N) is 7. The second-order valence-corrected chi connectivity index (χ2v) is 26.2. The Morgan fingerprint density at radius 2 is 1.07 bits per heavy atom. The van der Waals surface area contributed by atoms with E-state index in [1.54, 1.807) is 66.7 Å². The van der Waals surface area contributed by atoms with Crippen LogP contribution < -0.4 is 54.4 Å². The number of amides is 8. The third-order valence-electron chi connectivity index (χ3n) is 16.9. The van der Waals surface area contributed by atoms with Crippen LogP contribution in [0.2, 0.25) is 5.02 Å². The highest BCUT2D eigenvalue weighted by molar-refractivity contribution is 6.30. The van der Waals surface area contributed by atoms with Gasteiger partial charge in [0.25, 0.3) is 17.7 Å². The number of pyridine rings is 3. The van der Waals surface area contributed by atoms with Gasteiger partial charge in [-0.2, -0.15) is 0 Å². The minimum absolute atomic E-state index is 0.0120. The minimum Gasteiger partial charge on any atom is -0.382 e. The number of fused-ring (bicyclic) bond motifs is 1. The summed E-state index contributed by atoms with van der Waals surface area (Å²) in [7, 11) is 0. The maximum atomic E-state index is 16.5. The summed E-state index contributed by atoms with van der Waals surface area (Å²) in [5.74, 6) is -11.5. The van der Waals surface area contributed by atoms with Crippen molar-refractivity contribution in [2.75, 3.05) is 19.6 Å². The number of aromatic nitrogens is 3. The van der Waals surface area contributed by atoms with Crippen LogP contribution in [0.15, 0.2) is 140 Å². The number of imide groups is 1. The first-order valence-electron chi connectivity index (χ1n) is 34.0. The fourth-order valence-electron chi connectivity index (χ4n) is 11.6. The third-order valence-corrected chi connectivity index (χ3v) is 17.1. The molecular formula is C74H94ClN14O12. The van der Waals surface area contributed by atoms with E-state index >= 15 is 28.8 Å². The maximum Gasteiger partial charge on any atom is 0.258 e. The number of hydrogen-bond acceptors (Lipinski definition) is 19. The van der Waals surface area contributed by atoms with E-state index in [1.807, 2.05) is 46.1 Å².